The molecule has 1 aromatic rings. The number of nitro benzene ring substituents is 1. The minimum atomic E-state index is -0.383. The highest BCUT2D eigenvalue weighted by Crippen LogP contribution is 2.18. The predicted octanol–water partition coefficient (Wildman–Crippen LogP) is 1.88. The molecule has 4 heteroatoms. The van der Waals surface area contributed by atoms with Crippen LogP contribution in [0.25, 0.3) is 0 Å². The van der Waals surface area contributed by atoms with Crippen molar-refractivity contribution in [2.24, 2.45) is 0 Å². The summed E-state index contributed by atoms with van der Waals surface area (Å²) in [4.78, 5) is 10.1. The van der Waals surface area contributed by atoms with Crippen LogP contribution >= 0.6 is 0 Å². The van der Waals surface area contributed by atoms with Crippen LogP contribution in [0.3, 0.4) is 0 Å². The van der Waals surface area contributed by atoms with Gasteiger partial charge in [-0.3, -0.25) is 10.1 Å². The van der Waals surface area contributed by atoms with E-state index in [4.69, 9.17) is 0 Å². The highest BCUT2D eigenvalue weighted by Gasteiger charge is 2.08. The van der Waals surface area contributed by atoms with Crippen molar-refractivity contribution in [3.8, 4) is 0 Å². The molecule has 0 aliphatic carbocycles. The van der Waals surface area contributed by atoms with E-state index < -0.39 is 0 Å². The van der Waals surface area contributed by atoms with Gasteiger partial charge in [0.1, 0.15) is 0 Å². The molecular formula is C9H12N2O2. The summed E-state index contributed by atoms with van der Waals surface area (Å²) in [6.45, 7) is 1.96. The maximum Gasteiger partial charge on any atom is 0.269 e. The summed E-state index contributed by atoms with van der Waals surface area (Å²) >= 11 is 0. The Labute approximate surface area is 76.7 Å². The lowest BCUT2D eigenvalue weighted by Gasteiger charge is -2.09. The van der Waals surface area contributed by atoms with Gasteiger partial charge >= 0.3 is 0 Å². The molecule has 0 aliphatic rings. The van der Waals surface area contributed by atoms with Crippen molar-refractivity contribution >= 4 is 5.69 Å². The third-order valence-electron chi connectivity index (χ3n) is 2.01. The summed E-state index contributed by atoms with van der Waals surface area (Å²) in [5, 5.41) is 13.5. The third-order valence-corrected chi connectivity index (χ3v) is 2.01. The number of hydrogen-bond donors (Lipinski definition) is 1. The molecule has 70 valence electrons. The van der Waals surface area contributed by atoms with Crippen molar-refractivity contribution in [3.05, 3.63) is 39.9 Å². The van der Waals surface area contributed by atoms with Gasteiger partial charge < -0.3 is 5.32 Å². The van der Waals surface area contributed by atoms with Crippen molar-refractivity contribution in [1.29, 1.82) is 0 Å². The molecule has 1 N–H and O–H groups in total. The number of hydrogen-bond acceptors (Lipinski definition) is 3. The molecular weight excluding hydrogens is 168 g/mol. The first-order valence-electron chi connectivity index (χ1n) is 4.06. The molecule has 0 fully saturated rings. The molecule has 0 heterocycles. The fraction of sp³-hybridized carbons (Fsp3) is 0.333. The summed E-state index contributed by atoms with van der Waals surface area (Å²) in [6, 6.07) is 6.78. The molecule has 0 unspecified atom stereocenters. The number of benzene rings is 1. The van der Waals surface area contributed by atoms with E-state index in [9.17, 15) is 10.1 Å². The molecule has 0 aliphatic heterocycles. The SMILES string of the molecule is CN[C@@H](C)c1cccc([N+](=O)[O-])c1. The number of nitro groups is 1. The van der Waals surface area contributed by atoms with Crippen molar-refractivity contribution < 1.29 is 4.92 Å². The lowest BCUT2D eigenvalue weighted by molar-refractivity contribution is -0.384. The molecule has 0 aromatic heterocycles. The summed E-state index contributed by atoms with van der Waals surface area (Å²) < 4.78 is 0. The van der Waals surface area contributed by atoms with Gasteiger partial charge in [0, 0.05) is 18.2 Å². The van der Waals surface area contributed by atoms with Crippen LogP contribution in [0.15, 0.2) is 24.3 Å². The Kier molecular flexibility index (Phi) is 2.97. The van der Waals surface area contributed by atoms with Crippen LogP contribution in [0, 0.1) is 10.1 Å². The van der Waals surface area contributed by atoms with Crippen LogP contribution in [0.2, 0.25) is 0 Å². The second kappa shape index (κ2) is 4.00. The zero-order valence-electron chi connectivity index (χ0n) is 7.65. The molecule has 1 atom stereocenters. The molecule has 13 heavy (non-hydrogen) atoms. The van der Waals surface area contributed by atoms with Crippen LogP contribution in [0.1, 0.15) is 18.5 Å². The molecule has 0 saturated heterocycles. The van der Waals surface area contributed by atoms with E-state index in [1.807, 2.05) is 20.0 Å². The van der Waals surface area contributed by atoms with Crippen molar-refractivity contribution in [3.63, 3.8) is 0 Å². The Hall–Kier alpha value is -1.42. The third kappa shape index (κ3) is 2.26. The Morgan fingerprint density at radius 2 is 2.23 bits per heavy atom. The molecule has 4 nitrogen and oxygen atoms in total. The largest absolute Gasteiger partial charge is 0.313 e. The molecule has 1 aromatic carbocycles. The van der Waals surface area contributed by atoms with Gasteiger partial charge in [-0.15, -0.1) is 0 Å². The van der Waals surface area contributed by atoms with E-state index >= 15 is 0 Å². The minimum absolute atomic E-state index is 0.139. The molecule has 0 radical (unpaired) electrons. The van der Waals surface area contributed by atoms with E-state index in [-0.39, 0.29) is 16.7 Å². The van der Waals surface area contributed by atoms with E-state index in [1.165, 1.54) is 6.07 Å². The summed E-state index contributed by atoms with van der Waals surface area (Å²) in [5.41, 5.74) is 1.07. The fourth-order valence-electron chi connectivity index (χ4n) is 1.07. The van der Waals surface area contributed by atoms with Gasteiger partial charge in [0.05, 0.1) is 4.92 Å². The van der Waals surface area contributed by atoms with E-state index in [0.29, 0.717) is 0 Å². The zero-order valence-corrected chi connectivity index (χ0v) is 7.65. The van der Waals surface area contributed by atoms with Gasteiger partial charge in [0.15, 0.2) is 0 Å². The Balaban J connectivity index is 2.98. The standard InChI is InChI=1S/C9H12N2O2/c1-7(10-2)8-4-3-5-9(6-8)11(12)13/h3-7,10H,1-2H3/t7-/m0/s1. The lowest BCUT2D eigenvalue weighted by Crippen LogP contribution is -2.12. The first-order chi connectivity index (χ1) is 6.15. The van der Waals surface area contributed by atoms with E-state index in [1.54, 1.807) is 12.1 Å². The average molecular weight is 180 g/mol. The summed E-state index contributed by atoms with van der Waals surface area (Å²) in [7, 11) is 1.82. The Morgan fingerprint density at radius 1 is 1.54 bits per heavy atom. The summed E-state index contributed by atoms with van der Waals surface area (Å²) in [5.74, 6) is 0. The quantitative estimate of drug-likeness (QED) is 0.570. The summed E-state index contributed by atoms with van der Waals surface area (Å²) in [6.07, 6.45) is 0. The van der Waals surface area contributed by atoms with Crippen molar-refractivity contribution in [2.75, 3.05) is 7.05 Å². The highest BCUT2D eigenvalue weighted by atomic mass is 16.6. The second-order valence-corrected chi connectivity index (χ2v) is 2.86. The van der Waals surface area contributed by atoms with Crippen LogP contribution in [-0.2, 0) is 0 Å². The van der Waals surface area contributed by atoms with Crippen LogP contribution in [0.4, 0.5) is 5.69 Å². The van der Waals surface area contributed by atoms with Crippen LogP contribution in [-0.4, -0.2) is 12.0 Å². The van der Waals surface area contributed by atoms with Crippen molar-refractivity contribution in [2.45, 2.75) is 13.0 Å². The number of nitrogens with zero attached hydrogens (tertiary/aromatic N) is 1. The van der Waals surface area contributed by atoms with Gasteiger partial charge in [0.25, 0.3) is 5.69 Å². The van der Waals surface area contributed by atoms with E-state index in [0.717, 1.165) is 5.56 Å². The average Bonchev–Trinajstić information content (AvgIpc) is 2.17. The van der Waals surface area contributed by atoms with Crippen LogP contribution in [0.5, 0.6) is 0 Å². The number of nitrogens with one attached hydrogen (secondary N) is 1. The maximum absolute atomic E-state index is 10.4. The molecule has 0 saturated carbocycles. The maximum atomic E-state index is 10.4. The van der Waals surface area contributed by atoms with Gasteiger partial charge in [-0.1, -0.05) is 12.1 Å². The smallest absolute Gasteiger partial charge is 0.269 e. The van der Waals surface area contributed by atoms with Gasteiger partial charge in [-0.05, 0) is 19.5 Å². The monoisotopic (exact) mass is 180 g/mol. The zero-order chi connectivity index (χ0) is 9.84. The number of non-ortho nitro benzene ring substituents is 1. The predicted molar refractivity (Wildman–Crippen MR) is 50.6 cm³/mol. The van der Waals surface area contributed by atoms with Crippen LogP contribution < -0.4 is 5.32 Å². The van der Waals surface area contributed by atoms with E-state index in [2.05, 4.69) is 5.32 Å². The fourth-order valence-corrected chi connectivity index (χ4v) is 1.07. The molecule has 0 spiro atoms. The van der Waals surface area contributed by atoms with Gasteiger partial charge in [-0.2, -0.15) is 0 Å². The molecule has 0 amide bonds. The van der Waals surface area contributed by atoms with Crippen molar-refractivity contribution in [1.82, 2.24) is 5.32 Å². The highest BCUT2D eigenvalue weighted by molar-refractivity contribution is 5.35. The Morgan fingerprint density at radius 3 is 2.77 bits per heavy atom. The van der Waals surface area contributed by atoms with Gasteiger partial charge in [-0.25, -0.2) is 0 Å². The number of rotatable bonds is 3. The molecule has 1 rings (SSSR count). The molecule has 0 bridgehead atoms. The lowest BCUT2D eigenvalue weighted by atomic mass is 10.1. The Bertz CT molecular complexity index is 312. The topological polar surface area (TPSA) is 55.2 Å². The minimum Gasteiger partial charge on any atom is -0.313 e. The van der Waals surface area contributed by atoms with Gasteiger partial charge in [0.2, 0.25) is 0 Å². The first kappa shape index (κ1) is 9.67. The first-order valence-corrected chi connectivity index (χ1v) is 4.06. The second-order valence-electron chi connectivity index (χ2n) is 2.86. The normalized spacial score (nSPS) is 12.5.